The third kappa shape index (κ3) is 3.53. The van der Waals surface area contributed by atoms with Crippen molar-refractivity contribution in [1.29, 1.82) is 0 Å². The van der Waals surface area contributed by atoms with Crippen molar-refractivity contribution in [2.75, 3.05) is 13.6 Å². The minimum absolute atomic E-state index is 0.0768. The van der Waals surface area contributed by atoms with E-state index in [1.807, 2.05) is 0 Å². The monoisotopic (exact) mass is 344 g/mol. The summed E-state index contributed by atoms with van der Waals surface area (Å²) in [6, 6.07) is 7.78. The first-order valence-corrected chi connectivity index (χ1v) is 8.20. The van der Waals surface area contributed by atoms with E-state index in [0.717, 1.165) is 19.3 Å². The zero-order valence-electron chi connectivity index (χ0n) is 13.9. The molecule has 0 radical (unpaired) electrons. The van der Waals surface area contributed by atoms with E-state index in [1.54, 1.807) is 36.2 Å². The van der Waals surface area contributed by atoms with E-state index in [0.29, 0.717) is 12.2 Å². The lowest BCUT2D eigenvalue weighted by Gasteiger charge is -2.22. The largest absolute Gasteiger partial charge is 0.393 e. The van der Waals surface area contributed by atoms with Crippen molar-refractivity contribution in [3.8, 4) is 5.69 Å². The molecule has 8 heteroatoms. The molecule has 1 aliphatic rings. The van der Waals surface area contributed by atoms with Crippen LogP contribution in [0.2, 0.25) is 0 Å². The van der Waals surface area contributed by atoms with Gasteiger partial charge in [-0.15, -0.1) is 0 Å². The fraction of sp³-hybridized carbons (Fsp3) is 0.412. The number of nitrogens with zero attached hydrogens (tertiary/aromatic N) is 4. The molecule has 8 nitrogen and oxygen atoms in total. The first-order valence-electron chi connectivity index (χ1n) is 8.20. The number of hydrogen-bond acceptors (Lipinski definition) is 5. The highest BCUT2D eigenvalue weighted by atomic mass is 16.6. The molecule has 0 saturated heterocycles. The zero-order valence-corrected chi connectivity index (χ0v) is 13.9. The highest BCUT2D eigenvalue weighted by Crippen LogP contribution is 2.26. The van der Waals surface area contributed by atoms with Crippen LogP contribution in [0.4, 0.5) is 5.69 Å². The van der Waals surface area contributed by atoms with Gasteiger partial charge in [-0.1, -0.05) is 18.6 Å². The topological polar surface area (TPSA) is 102 Å². The van der Waals surface area contributed by atoms with Crippen LogP contribution >= 0.6 is 0 Å². The lowest BCUT2D eigenvalue weighted by atomic mass is 10.1. The SMILES string of the molecule is CN(CC1CCCC1O)C(=O)c1ccn(-c2ccccc2[N+](=O)[O-])n1. The Morgan fingerprint density at radius 2 is 2.16 bits per heavy atom. The number of nitro benzene ring substituents is 1. The Morgan fingerprint density at radius 1 is 1.40 bits per heavy atom. The van der Waals surface area contributed by atoms with Crippen LogP contribution in [0.25, 0.3) is 5.69 Å². The highest BCUT2D eigenvalue weighted by molar-refractivity contribution is 5.92. The molecule has 0 bridgehead atoms. The van der Waals surface area contributed by atoms with Gasteiger partial charge in [0.25, 0.3) is 11.6 Å². The standard InChI is InChI=1S/C17H20N4O4/c1-19(11-12-5-4-8-16(12)22)17(23)13-9-10-20(18-13)14-6-2-3-7-15(14)21(24)25/h2-3,6-7,9-10,12,16,22H,4-5,8,11H2,1H3. The minimum Gasteiger partial charge on any atom is -0.393 e. The third-order valence-electron chi connectivity index (χ3n) is 4.61. The number of carbonyl (C=O) groups excluding carboxylic acids is 1. The lowest BCUT2D eigenvalue weighted by Crippen LogP contribution is -2.34. The van der Waals surface area contributed by atoms with Crippen molar-refractivity contribution in [3.63, 3.8) is 0 Å². The molecule has 1 saturated carbocycles. The number of hydrogen-bond donors (Lipinski definition) is 1. The molecule has 1 heterocycles. The van der Waals surface area contributed by atoms with Crippen molar-refractivity contribution in [2.24, 2.45) is 5.92 Å². The van der Waals surface area contributed by atoms with E-state index < -0.39 is 4.92 Å². The molecule has 1 fully saturated rings. The lowest BCUT2D eigenvalue weighted by molar-refractivity contribution is -0.384. The van der Waals surface area contributed by atoms with Gasteiger partial charge in [-0.05, 0) is 25.0 Å². The fourth-order valence-electron chi connectivity index (χ4n) is 3.24. The van der Waals surface area contributed by atoms with E-state index in [-0.39, 0.29) is 29.3 Å². The van der Waals surface area contributed by atoms with Gasteiger partial charge in [0.1, 0.15) is 5.69 Å². The molecule has 3 rings (SSSR count). The van der Waals surface area contributed by atoms with E-state index in [2.05, 4.69) is 5.10 Å². The Morgan fingerprint density at radius 3 is 2.84 bits per heavy atom. The number of rotatable bonds is 5. The summed E-state index contributed by atoms with van der Waals surface area (Å²) in [5, 5.41) is 25.2. The van der Waals surface area contributed by atoms with Crippen LogP contribution in [0.5, 0.6) is 0 Å². The summed E-state index contributed by atoms with van der Waals surface area (Å²) in [4.78, 5) is 24.7. The van der Waals surface area contributed by atoms with Gasteiger partial charge < -0.3 is 10.0 Å². The van der Waals surface area contributed by atoms with E-state index in [9.17, 15) is 20.0 Å². The number of amides is 1. The maximum Gasteiger partial charge on any atom is 0.294 e. The summed E-state index contributed by atoms with van der Waals surface area (Å²) in [6.07, 6.45) is 3.83. The summed E-state index contributed by atoms with van der Waals surface area (Å²) in [7, 11) is 1.68. The van der Waals surface area contributed by atoms with Gasteiger partial charge in [0, 0.05) is 31.8 Å². The maximum absolute atomic E-state index is 12.5. The minimum atomic E-state index is -0.480. The van der Waals surface area contributed by atoms with Crippen molar-refractivity contribution in [2.45, 2.75) is 25.4 Å². The van der Waals surface area contributed by atoms with Crippen LogP contribution in [0, 0.1) is 16.0 Å². The zero-order chi connectivity index (χ0) is 18.0. The summed E-state index contributed by atoms with van der Waals surface area (Å²) in [6.45, 7) is 0.471. The van der Waals surface area contributed by atoms with Gasteiger partial charge in [-0.2, -0.15) is 5.10 Å². The Balaban J connectivity index is 1.77. The van der Waals surface area contributed by atoms with Gasteiger partial charge in [0.15, 0.2) is 5.69 Å². The average Bonchev–Trinajstić information content (AvgIpc) is 3.24. The summed E-state index contributed by atoms with van der Waals surface area (Å²) in [5.41, 5.74) is 0.445. The first kappa shape index (κ1) is 17.1. The number of aliphatic hydroxyl groups excluding tert-OH is 1. The molecule has 2 aromatic rings. The summed E-state index contributed by atoms with van der Waals surface area (Å²) in [5.74, 6) is -0.178. The normalized spacial score (nSPS) is 19.8. The van der Waals surface area contributed by atoms with Crippen LogP contribution in [0.15, 0.2) is 36.5 Å². The van der Waals surface area contributed by atoms with Gasteiger partial charge in [-0.25, -0.2) is 4.68 Å². The van der Waals surface area contributed by atoms with Crippen LogP contribution in [0.3, 0.4) is 0 Å². The molecule has 1 N–H and O–H groups in total. The van der Waals surface area contributed by atoms with Gasteiger partial charge >= 0.3 is 0 Å². The Bertz CT molecular complexity index is 788. The fourth-order valence-corrected chi connectivity index (χ4v) is 3.24. The number of aliphatic hydroxyl groups is 1. The molecule has 0 spiro atoms. The number of para-hydroxylation sites is 2. The number of nitro groups is 1. The molecule has 1 aromatic carbocycles. The Hall–Kier alpha value is -2.74. The predicted molar refractivity (Wildman–Crippen MR) is 90.5 cm³/mol. The molecule has 132 valence electrons. The van der Waals surface area contributed by atoms with Gasteiger partial charge in [0.2, 0.25) is 0 Å². The van der Waals surface area contributed by atoms with E-state index in [4.69, 9.17) is 0 Å². The smallest absolute Gasteiger partial charge is 0.294 e. The van der Waals surface area contributed by atoms with Crippen LogP contribution in [-0.4, -0.2) is 50.3 Å². The predicted octanol–water partition coefficient (Wildman–Crippen LogP) is 2.01. The molecule has 2 unspecified atom stereocenters. The van der Waals surface area contributed by atoms with Gasteiger partial charge in [0.05, 0.1) is 11.0 Å². The van der Waals surface area contributed by atoms with Crippen LogP contribution in [-0.2, 0) is 0 Å². The van der Waals surface area contributed by atoms with E-state index >= 15 is 0 Å². The molecule has 0 aliphatic heterocycles. The van der Waals surface area contributed by atoms with E-state index in [1.165, 1.54) is 16.9 Å². The second-order valence-corrected chi connectivity index (χ2v) is 6.34. The van der Waals surface area contributed by atoms with Crippen molar-refractivity contribution in [3.05, 3.63) is 52.3 Å². The van der Waals surface area contributed by atoms with Crippen LogP contribution in [0.1, 0.15) is 29.8 Å². The summed E-state index contributed by atoms with van der Waals surface area (Å²) >= 11 is 0. The summed E-state index contributed by atoms with van der Waals surface area (Å²) < 4.78 is 1.34. The second kappa shape index (κ2) is 7.02. The Kier molecular flexibility index (Phi) is 4.80. The number of carbonyl (C=O) groups is 1. The molecular formula is C17H20N4O4. The number of benzene rings is 1. The molecule has 25 heavy (non-hydrogen) atoms. The third-order valence-corrected chi connectivity index (χ3v) is 4.61. The van der Waals surface area contributed by atoms with Crippen molar-refractivity contribution in [1.82, 2.24) is 14.7 Å². The highest BCUT2D eigenvalue weighted by Gasteiger charge is 2.28. The van der Waals surface area contributed by atoms with Crippen molar-refractivity contribution < 1.29 is 14.8 Å². The van der Waals surface area contributed by atoms with Gasteiger partial charge in [-0.3, -0.25) is 14.9 Å². The molecular weight excluding hydrogens is 324 g/mol. The molecule has 2 atom stereocenters. The first-order chi connectivity index (χ1) is 12.0. The second-order valence-electron chi connectivity index (χ2n) is 6.34. The Labute approximate surface area is 144 Å². The molecule has 1 aliphatic carbocycles. The molecule has 1 aromatic heterocycles. The number of aromatic nitrogens is 2. The molecule has 1 amide bonds. The van der Waals surface area contributed by atoms with Crippen LogP contribution < -0.4 is 0 Å². The maximum atomic E-state index is 12.5. The van der Waals surface area contributed by atoms with Crippen molar-refractivity contribution >= 4 is 11.6 Å². The quantitative estimate of drug-likeness (QED) is 0.660. The average molecular weight is 344 g/mol.